The summed E-state index contributed by atoms with van der Waals surface area (Å²) >= 11 is 1.87. The molecule has 10 rings (SSSR count). The van der Waals surface area contributed by atoms with Crippen molar-refractivity contribution in [2.45, 2.75) is 38.0 Å². The van der Waals surface area contributed by atoms with Gasteiger partial charge in [-0.25, -0.2) is 0 Å². The fourth-order valence-electron chi connectivity index (χ4n) is 8.89. The molecule has 0 saturated heterocycles. The van der Waals surface area contributed by atoms with Gasteiger partial charge in [0.05, 0.1) is 0 Å². The molecule has 8 aromatic carbocycles. The number of fused-ring (bicyclic) bond motifs is 3. The summed E-state index contributed by atoms with van der Waals surface area (Å²) in [7, 11) is 0. The maximum absolute atomic E-state index is 2.45. The summed E-state index contributed by atoms with van der Waals surface area (Å²) in [5.41, 5.74) is 14.8. The Morgan fingerprint density at radius 2 is 0.946 bits per heavy atom. The van der Waals surface area contributed by atoms with Crippen molar-refractivity contribution in [3.8, 4) is 44.5 Å². The predicted octanol–water partition coefficient (Wildman–Crippen LogP) is 16.2. The van der Waals surface area contributed by atoms with E-state index in [1.165, 1.54) is 102 Å². The molecular formula is C54H43NS. The quantitative estimate of drug-likeness (QED) is 0.150. The Bertz CT molecular complexity index is 2720. The molecule has 0 aliphatic heterocycles. The van der Waals surface area contributed by atoms with Crippen LogP contribution in [0.3, 0.4) is 0 Å². The van der Waals surface area contributed by atoms with E-state index in [9.17, 15) is 0 Å². The average molecular weight is 738 g/mol. The van der Waals surface area contributed by atoms with Crippen LogP contribution >= 0.6 is 11.3 Å². The minimum Gasteiger partial charge on any atom is -0.310 e. The molecule has 9 aromatic rings. The van der Waals surface area contributed by atoms with Crippen LogP contribution in [0.25, 0.3) is 64.7 Å². The fraction of sp³-hybridized carbons (Fsp3) is 0.111. The lowest BCUT2D eigenvalue weighted by Crippen LogP contribution is -2.10. The molecule has 270 valence electrons. The first-order valence-electron chi connectivity index (χ1n) is 20.0. The average Bonchev–Trinajstić information content (AvgIpc) is 3.66. The van der Waals surface area contributed by atoms with Crippen LogP contribution in [-0.2, 0) is 0 Å². The highest BCUT2D eigenvalue weighted by atomic mass is 32.1. The van der Waals surface area contributed by atoms with E-state index in [4.69, 9.17) is 0 Å². The van der Waals surface area contributed by atoms with E-state index in [2.05, 4.69) is 199 Å². The molecule has 0 radical (unpaired) electrons. The first-order valence-corrected chi connectivity index (χ1v) is 20.8. The summed E-state index contributed by atoms with van der Waals surface area (Å²) in [6.07, 6.45) is 6.66. The van der Waals surface area contributed by atoms with Crippen molar-refractivity contribution < 1.29 is 0 Å². The Morgan fingerprint density at radius 3 is 1.68 bits per heavy atom. The van der Waals surface area contributed by atoms with Gasteiger partial charge in [-0.1, -0.05) is 171 Å². The second-order valence-corrected chi connectivity index (χ2v) is 16.2. The number of anilines is 3. The van der Waals surface area contributed by atoms with Gasteiger partial charge in [-0.05, 0) is 111 Å². The van der Waals surface area contributed by atoms with Crippen LogP contribution in [0.2, 0.25) is 0 Å². The van der Waals surface area contributed by atoms with E-state index in [0.717, 1.165) is 17.1 Å². The van der Waals surface area contributed by atoms with Crippen molar-refractivity contribution >= 4 is 48.6 Å². The van der Waals surface area contributed by atoms with Gasteiger partial charge in [0.15, 0.2) is 0 Å². The summed E-state index contributed by atoms with van der Waals surface area (Å²) in [6.45, 7) is 0. The normalized spacial score (nSPS) is 13.3. The third-order valence-electron chi connectivity index (χ3n) is 11.7. The molecular weight excluding hydrogens is 695 g/mol. The van der Waals surface area contributed by atoms with Gasteiger partial charge in [0.25, 0.3) is 0 Å². The molecule has 1 aliphatic rings. The Kier molecular flexibility index (Phi) is 9.27. The van der Waals surface area contributed by atoms with Crippen molar-refractivity contribution in [1.29, 1.82) is 0 Å². The molecule has 1 nitrogen and oxygen atoms in total. The maximum atomic E-state index is 2.45. The molecule has 1 aromatic heterocycles. The molecule has 0 amide bonds. The molecule has 0 unspecified atom stereocenters. The van der Waals surface area contributed by atoms with Gasteiger partial charge in [0.2, 0.25) is 0 Å². The van der Waals surface area contributed by atoms with Gasteiger partial charge >= 0.3 is 0 Å². The molecule has 1 aliphatic carbocycles. The third-order valence-corrected chi connectivity index (χ3v) is 12.8. The van der Waals surface area contributed by atoms with Crippen molar-refractivity contribution in [3.63, 3.8) is 0 Å². The first kappa shape index (κ1) is 34.3. The van der Waals surface area contributed by atoms with Crippen molar-refractivity contribution in [1.82, 2.24) is 0 Å². The van der Waals surface area contributed by atoms with E-state index >= 15 is 0 Å². The molecule has 1 fully saturated rings. The summed E-state index contributed by atoms with van der Waals surface area (Å²) in [4.78, 5) is 2.43. The second-order valence-electron chi connectivity index (χ2n) is 15.1. The minimum atomic E-state index is 0.671. The molecule has 0 atom stereocenters. The van der Waals surface area contributed by atoms with Crippen molar-refractivity contribution in [3.05, 3.63) is 200 Å². The molecule has 56 heavy (non-hydrogen) atoms. The van der Waals surface area contributed by atoms with Crippen LogP contribution in [0.15, 0.2) is 194 Å². The lowest BCUT2D eigenvalue weighted by Gasteiger charge is -2.27. The monoisotopic (exact) mass is 737 g/mol. The van der Waals surface area contributed by atoms with E-state index in [-0.39, 0.29) is 0 Å². The Morgan fingerprint density at radius 1 is 0.375 bits per heavy atom. The molecule has 1 saturated carbocycles. The van der Waals surface area contributed by atoms with E-state index in [1.54, 1.807) is 0 Å². The minimum absolute atomic E-state index is 0.671. The zero-order chi connectivity index (χ0) is 37.3. The van der Waals surface area contributed by atoms with Gasteiger partial charge < -0.3 is 4.90 Å². The molecule has 0 spiro atoms. The van der Waals surface area contributed by atoms with Crippen LogP contribution in [0.1, 0.15) is 43.6 Å². The number of thiophene rings is 1. The summed E-state index contributed by atoms with van der Waals surface area (Å²) in [6, 6.07) is 71.7. The lowest BCUT2D eigenvalue weighted by atomic mass is 9.83. The highest BCUT2D eigenvalue weighted by molar-refractivity contribution is 7.25. The van der Waals surface area contributed by atoms with Crippen LogP contribution in [0, 0.1) is 0 Å². The second kappa shape index (κ2) is 15.1. The SMILES string of the molecule is c1ccc(-c2cccc(-c3ccccc3)c2-c2ccc(N(c3cccc(-c4cccc(C5CCCCC5)c4)c3)c3ccc4c(c3)sc3ccccc34)cc2)cc1. The van der Waals surface area contributed by atoms with E-state index < -0.39 is 0 Å². The Hall–Kier alpha value is -6.22. The Labute approximate surface area is 334 Å². The zero-order valence-corrected chi connectivity index (χ0v) is 32.3. The van der Waals surface area contributed by atoms with Gasteiger partial charge in [-0.15, -0.1) is 11.3 Å². The Balaban J connectivity index is 1.10. The standard InChI is InChI=1S/C54H43NS/c1-4-15-38(16-5-1)42-21-12-22-43(35-42)44-23-13-24-46(36-44)55(47-33-34-51-50-25-10-11-28-52(50)56-53(51)37-47)45-31-29-41(30-32-45)54-48(39-17-6-2-7-18-39)26-14-27-49(54)40-19-8-3-9-20-40/h2-3,6-14,17-38H,1,4-5,15-16H2. The van der Waals surface area contributed by atoms with E-state index in [1.807, 2.05) is 11.3 Å². The summed E-state index contributed by atoms with van der Waals surface area (Å²) < 4.78 is 2.62. The van der Waals surface area contributed by atoms with Gasteiger partial charge in [-0.2, -0.15) is 0 Å². The summed E-state index contributed by atoms with van der Waals surface area (Å²) in [5, 5.41) is 2.63. The number of hydrogen-bond acceptors (Lipinski definition) is 2. The molecule has 0 N–H and O–H groups in total. The lowest BCUT2D eigenvalue weighted by molar-refractivity contribution is 0.444. The highest BCUT2D eigenvalue weighted by Gasteiger charge is 2.20. The van der Waals surface area contributed by atoms with Gasteiger partial charge in [-0.3, -0.25) is 0 Å². The van der Waals surface area contributed by atoms with Crippen molar-refractivity contribution in [2.75, 3.05) is 4.90 Å². The van der Waals surface area contributed by atoms with Crippen LogP contribution < -0.4 is 4.90 Å². The van der Waals surface area contributed by atoms with Crippen LogP contribution in [-0.4, -0.2) is 0 Å². The smallest absolute Gasteiger partial charge is 0.0476 e. The number of benzene rings is 8. The van der Waals surface area contributed by atoms with Crippen LogP contribution in [0.5, 0.6) is 0 Å². The fourth-order valence-corrected chi connectivity index (χ4v) is 10.0. The van der Waals surface area contributed by atoms with Crippen molar-refractivity contribution in [2.24, 2.45) is 0 Å². The third kappa shape index (κ3) is 6.61. The largest absolute Gasteiger partial charge is 0.310 e. The highest BCUT2D eigenvalue weighted by Crippen LogP contribution is 2.44. The van der Waals surface area contributed by atoms with Crippen LogP contribution in [0.4, 0.5) is 17.1 Å². The number of hydrogen-bond donors (Lipinski definition) is 0. The van der Waals surface area contributed by atoms with Gasteiger partial charge in [0, 0.05) is 37.2 Å². The predicted molar refractivity (Wildman–Crippen MR) is 242 cm³/mol. The summed E-state index contributed by atoms with van der Waals surface area (Å²) in [5.74, 6) is 0.671. The molecule has 2 heteroatoms. The number of nitrogens with zero attached hydrogens (tertiary/aromatic N) is 1. The molecule has 0 bridgehead atoms. The van der Waals surface area contributed by atoms with Gasteiger partial charge in [0.1, 0.15) is 0 Å². The zero-order valence-electron chi connectivity index (χ0n) is 31.4. The topological polar surface area (TPSA) is 3.24 Å². The van der Waals surface area contributed by atoms with E-state index in [0.29, 0.717) is 5.92 Å². The molecule has 1 heterocycles. The number of rotatable bonds is 8. The maximum Gasteiger partial charge on any atom is 0.0476 e. The first-order chi connectivity index (χ1) is 27.8.